The summed E-state index contributed by atoms with van der Waals surface area (Å²) in [6, 6.07) is 13.0. The number of rotatable bonds is 7. The van der Waals surface area contributed by atoms with Crippen LogP contribution in [0.15, 0.2) is 42.5 Å². The Morgan fingerprint density at radius 3 is 1.89 bits per heavy atom. The third-order valence-electron chi connectivity index (χ3n) is 5.55. The molecule has 4 aromatic rings. The van der Waals surface area contributed by atoms with Crippen LogP contribution in [-0.2, 0) is 0 Å². The Balaban J connectivity index is 0.000000417. The summed E-state index contributed by atoms with van der Waals surface area (Å²) >= 11 is 0. The number of H-pyrrole nitrogens is 2. The number of nitrogens with zero attached hydrogens (tertiary/aromatic N) is 6. The van der Waals surface area contributed by atoms with Gasteiger partial charge in [0, 0.05) is 49.7 Å². The molecule has 1 aliphatic heterocycles. The molecule has 1 aromatic carbocycles. The molecule has 5 N–H and O–H groups in total. The molecule has 38 heavy (non-hydrogen) atoms. The van der Waals surface area contributed by atoms with Gasteiger partial charge in [-0.15, -0.1) is 0 Å². The second-order valence-corrected chi connectivity index (χ2v) is 8.80. The Labute approximate surface area is 219 Å². The number of nitro groups is 1. The van der Waals surface area contributed by atoms with Gasteiger partial charge in [0.05, 0.1) is 4.92 Å². The van der Waals surface area contributed by atoms with Gasteiger partial charge in [-0.3, -0.25) is 20.3 Å². The number of piperazine rings is 1. The third kappa shape index (κ3) is 7.44. The number of hydrogen-bond acceptors (Lipinski definition) is 10. The molecular formula is C25H31N11O2. The molecule has 3 aromatic heterocycles. The third-order valence-corrected chi connectivity index (χ3v) is 5.55. The summed E-state index contributed by atoms with van der Waals surface area (Å²) < 4.78 is 0. The number of likely N-dealkylation sites (N-methyl/N-ethyl adjacent to an activating group) is 1. The summed E-state index contributed by atoms with van der Waals surface area (Å²) in [6.07, 6.45) is 3.51. The lowest BCUT2D eigenvalue weighted by molar-refractivity contribution is -0.383. The van der Waals surface area contributed by atoms with E-state index in [1.807, 2.05) is 50.3 Å². The SMILES string of the molecule is CN1CCNCC1.Cc1cc(Nc2nc(/C=C/c3ccccc3)nc(Nc3cc(C)[nH]n3)c2[N+](=O)[O-])n[nH]1. The topological polar surface area (TPSA) is 166 Å². The van der Waals surface area contributed by atoms with Crippen molar-refractivity contribution in [2.75, 3.05) is 43.9 Å². The van der Waals surface area contributed by atoms with Crippen molar-refractivity contribution in [3.8, 4) is 0 Å². The first-order chi connectivity index (χ1) is 18.4. The van der Waals surface area contributed by atoms with Gasteiger partial charge >= 0.3 is 5.69 Å². The van der Waals surface area contributed by atoms with Crippen molar-refractivity contribution in [1.82, 2.24) is 40.6 Å². The van der Waals surface area contributed by atoms with Crippen LogP contribution >= 0.6 is 0 Å². The van der Waals surface area contributed by atoms with Crippen molar-refractivity contribution in [3.05, 3.63) is 75.4 Å². The summed E-state index contributed by atoms with van der Waals surface area (Å²) in [6.45, 7) is 8.40. The first-order valence-corrected chi connectivity index (χ1v) is 12.1. The van der Waals surface area contributed by atoms with Gasteiger partial charge in [0.2, 0.25) is 11.6 Å². The van der Waals surface area contributed by atoms with E-state index in [4.69, 9.17) is 0 Å². The van der Waals surface area contributed by atoms with Crippen LogP contribution < -0.4 is 16.0 Å². The molecule has 0 amide bonds. The lowest BCUT2D eigenvalue weighted by Gasteiger charge is -2.21. The molecule has 1 saturated heterocycles. The minimum absolute atomic E-state index is 0.00830. The van der Waals surface area contributed by atoms with Crippen LogP contribution in [0.3, 0.4) is 0 Å². The fraction of sp³-hybridized carbons (Fsp3) is 0.280. The maximum absolute atomic E-state index is 11.9. The van der Waals surface area contributed by atoms with Crippen LogP contribution in [0, 0.1) is 24.0 Å². The monoisotopic (exact) mass is 517 g/mol. The van der Waals surface area contributed by atoms with Crippen LogP contribution in [0.2, 0.25) is 0 Å². The van der Waals surface area contributed by atoms with Gasteiger partial charge in [0.15, 0.2) is 17.5 Å². The van der Waals surface area contributed by atoms with Crippen molar-refractivity contribution in [2.24, 2.45) is 0 Å². The van der Waals surface area contributed by atoms with Crippen molar-refractivity contribution in [3.63, 3.8) is 0 Å². The average Bonchev–Trinajstić information content (AvgIpc) is 3.51. The number of anilines is 4. The molecule has 1 fully saturated rings. The Morgan fingerprint density at radius 1 is 0.921 bits per heavy atom. The van der Waals surface area contributed by atoms with Crippen molar-refractivity contribution in [1.29, 1.82) is 0 Å². The van der Waals surface area contributed by atoms with E-state index in [0.717, 1.165) is 30.0 Å². The van der Waals surface area contributed by atoms with Gasteiger partial charge in [-0.1, -0.05) is 36.4 Å². The summed E-state index contributed by atoms with van der Waals surface area (Å²) in [4.78, 5) is 22.4. The van der Waals surface area contributed by atoms with Crippen LogP contribution in [-0.4, -0.2) is 73.4 Å². The first-order valence-electron chi connectivity index (χ1n) is 12.1. The lowest BCUT2D eigenvalue weighted by Crippen LogP contribution is -2.40. The Bertz CT molecular complexity index is 1310. The van der Waals surface area contributed by atoms with Crippen LogP contribution in [0.25, 0.3) is 12.2 Å². The molecule has 5 rings (SSSR count). The van der Waals surface area contributed by atoms with Crippen LogP contribution in [0.4, 0.5) is 29.0 Å². The quantitative estimate of drug-likeness (QED) is 0.180. The second-order valence-electron chi connectivity index (χ2n) is 8.80. The van der Waals surface area contributed by atoms with Gasteiger partial charge in [-0.25, -0.2) is 9.97 Å². The molecule has 198 valence electrons. The van der Waals surface area contributed by atoms with E-state index in [1.165, 1.54) is 13.1 Å². The van der Waals surface area contributed by atoms with Gasteiger partial charge in [0.25, 0.3) is 0 Å². The first kappa shape index (κ1) is 26.4. The highest BCUT2D eigenvalue weighted by atomic mass is 16.6. The van der Waals surface area contributed by atoms with E-state index >= 15 is 0 Å². The lowest BCUT2D eigenvalue weighted by atomic mass is 10.2. The Kier molecular flexibility index (Phi) is 8.74. The van der Waals surface area contributed by atoms with E-state index in [1.54, 1.807) is 18.2 Å². The fourth-order valence-electron chi connectivity index (χ4n) is 3.61. The summed E-state index contributed by atoms with van der Waals surface area (Å²) in [7, 11) is 2.15. The van der Waals surface area contributed by atoms with Crippen molar-refractivity contribution in [2.45, 2.75) is 13.8 Å². The number of hydrogen-bond donors (Lipinski definition) is 5. The normalized spacial score (nSPS) is 13.7. The number of nitrogens with one attached hydrogen (secondary N) is 5. The molecule has 0 atom stereocenters. The molecule has 13 heteroatoms. The van der Waals surface area contributed by atoms with E-state index in [0.29, 0.717) is 11.6 Å². The number of aromatic amines is 2. The smallest absolute Gasteiger partial charge is 0.317 e. The predicted molar refractivity (Wildman–Crippen MR) is 148 cm³/mol. The zero-order valence-corrected chi connectivity index (χ0v) is 21.5. The van der Waals surface area contributed by atoms with Gasteiger partial charge < -0.3 is 20.9 Å². The Morgan fingerprint density at radius 2 is 1.47 bits per heavy atom. The average molecular weight is 518 g/mol. The minimum Gasteiger partial charge on any atom is -0.317 e. The largest absolute Gasteiger partial charge is 0.354 e. The van der Waals surface area contributed by atoms with Crippen molar-refractivity contribution < 1.29 is 4.92 Å². The molecule has 4 heterocycles. The van der Waals surface area contributed by atoms with Gasteiger partial charge in [0.1, 0.15) is 0 Å². The fourth-order valence-corrected chi connectivity index (χ4v) is 3.61. The van der Waals surface area contributed by atoms with Gasteiger partial charge in [-0.2, -0.15) is 10.2 Å². The maximum atomic E-state index is 11.9. The molecule has 13 nitrogen and oxygen atoms in total. The van der Waals surface area contributed by atoms with Gasteiger partial charge in [-0.05, 0) is 32.5 Å². The summed E-state index contributed by atoms with van der Waals surface area (Å²) in [5, 5.41) is 34.7. The van der Waals surface area contributed by atoms with E-state index in [9.17, 15) is 10.1 Å². The number of benzene rings is 1. The molecule has 0 saturated carbocycles. The second kappa shape index (κ2) is 12.6. The van der Waals surface area contributed by atoms with E-state index in [2.05, 4.69) is 58.3 Å². The van der Waals surface area contributed by atoms with E-state index < -0.39 is 4.92 Å². The molecule has 0 spiro atoms. The summed E-state index contributed by atoms with van der Waals surface area (Å²) in [5.41, 5.74) is 2.22. The predicted octanol–water partition coefficient (Wildman–Crippen LogP) is 3.63. The van der Waals surface area contributed by atoms with Crippen molar-refractivity contribution >= 4 is 41.1 Å². The Hall–Kier alpha value is -4.62. The van der Waals surface area contributed by atoms with E-state index in [-0.39, 0.29) is 23.1 Å². The molecule has 0 radical (unpaired) electrons. The zero-order chi connectivity index (χ0) is 26.9. The van der Waals surface area contributed by atoms with Crippen LogP contribution in [0.1, 0.15) is 22.8 Å². The molecule has 0 bridgehead atoms. The number of aromatic nitrogens is 6. The molecule has 0 unspecified atom stereocenters. The highest BCUT2D eigenvalue weighted by Crippen LogP contribution is 2.33. The standard InChI is InChI=1S/C20H19N9O2.C5H12N2/c1-12-10-16(27-25-12)23-19-18(29(30)31)20(24-17-11-13(2)26-28-17)22-15(21-19)9-8-14-6-4-3-5-7-14;1-7-4-2-6-3-5-7/h3-11H,1-2H3,(H4,21,22,23,24,25,26,27,28);6H,2-5H2,1H3/b9-8+;. The maximum Gasteiger partial charge on any atom is 0.354 e. The minimum atomic E-state index is -0.547. The highest BCUT2D eigenvalue weighted by molar-refractivity contribution is 5.78. The summed E-state index contributed by atoms with van der Waals surface area (Å²) in [5.74, 6) is 1.10. The highest BCUT2D eigenvalue weighted by Gasteiger charge is 2.26. The number of aryl methyl sites for hydroxylation is 2. The molecule has 1 aliphatic rings. The van der Waals surface area contributed by atoms with Crippen LogP contribution in [0.5, 0.6) is 0 Å². The molecular weight excluding hydrogens is 486 g/mol. The molecule has 0 aliphatic carbocycles. The zero-order valence-electron chi connectivity index (χ0n) is 21.5.